The molecule has 8 nitrogen and oxygen atoms in total. The highest BCUT2D eigenvalue weighted by atomic mass is 16.6. The van der Waals surface area contributed by atoms with Crippen LogP contribution in [0.25, 0.3) is 0 Å². The highest BCUT2D eigenvalue weighted by Gasteiger charge is 2.86. The number of esters is 1. The molecule has 5 aliphatic carbocycles. The predicted octanol–water partition coefficient (Wildman–Crippen LogP) is 6.46. The highest BCUT2D eigenvalue weighted by molar-refractivity contribution is 5.93. The minimum Gasteiger partial charge on any atom is -0.458 e. The predicted molar refractivity (Wildman–Crippen MR) is 175 cm³/mol. The summed E-state index contributed by atoms with van der Waals surface area (Å²) in [4.78, 5) is 56.4. The molecule has 5 aliphatic rings. The Kier molecular flexibility index (Phi) is 7.67. The van der Waals surface area contributed by atoms with E-state index in [0.717, 1.165) is 38.4 Å². The van der Waals surface area contributed by atoms with Crippen LogP contribution >= 0.6 is 0 Å². The molecule has 0 bridgehead atoms. The maximum atomic E-state index is 14.8. The normalized spacial score (nSPS) is 43.3. The van der Waals surface area contributed by atoms with Crippen molar-refractivity contribution in [3.63, 3.8) is 0 Å². The van der Waals surface area contributed by atoms with Crippen molar-refractivity contribution in [1.29, 1.82) is 0 Å². The van der Waals surface area contributed by atoms with Crippen molar-refractivity contribution < 1.29 is 28.7 Å². The molecule has 0 saturated heterocycles. The second-order valence-electron chi connectivity index (χ2n) is 17.4. The molecule has 0 aromatic heterocycles. The summed E-state index contributed by atoms with van der Waals surface area (Å²) >= 11 is 0. The summed E-state index contributed by atoms with van der Waals surface area (Å²) < 4.78 is 12.0. The Bertz CT molecular complexity index is 1420. The molecule has 0 unspecified atom stereocenters. The van der Waals surface area contributed by atoms with Crippen molar-refractivity contribution >= 4 is 24.1 Å². The number of rotatable bonds is 6. The number of carbonyl (C=O) groups is 4. The number of ketones is 1. The van der Waals surface area contributed by atoms with Crippen LogP contribution in [0.15, 0.2) is 30.3 Å². The Morgan fingerprint density at radius 1 is 1.02 bits per heavy atom. The minimum absolute atomic E-state index is 0.00365. The molecule has 0 aliphatic heterocycles. The van der Waals surface area contributed by atoms with Crippen LogP contribution in [0.4, 0.5) is 4.79 Å². The molecule has 1 N–H and O–H groups in total. The Hall–Kier alpha value is -2.74. The van der Waals surface area contributed by atoms with Gasteiger partial charge in [0.2, 0.25) is 0 Å². The minimum atomic E-state index is -0.795. The standard InChI is InChI=1S/C38H54N2O6/c1-23(40(8)9)30-25(45-31(43)24-13-11-10-12-14-24)19-35(6)27-16-15-26-34(5,22-41)28(39-32(44)46-33(2,3)4)17-18-37(26)21-38(27,37)29(42)20-36(30,35)7/h10-14,22-23,25-28,30H,15-21H2,1-9H3,(H,39,44)/t23-,25+,26-,27-,28-,30-,34-,35-,36+,37+,38+/m0/s1. The number of amides is 1. The molecule has 5 saturated carbocycles. The van der Waals surface area contributed by atoms with Crippen LogP contribution in [0.1, 0.15) is 104 Å². The van der Waals surface area contributed by atoms with Gasteiger partial charge in [-0.3, -0.25) is 4.79 Å². The Labute approximate surface area is 274 Å². The smallest absolute Gasteiger partial charge is 0.407 e. The Morgan fingerprint density at radius 2 is 1.67 bits per heavy atom. The monoisotopic (exact) mass is 634 g/mol. The maximum Gasteiger partial charge on any atom is 0.407 e. The first-order valence-corrected chi connectivity index (χ1v) is 17.3. The van der Waals surface area contributed by atoms with Gasteiger partial charge in [0.1, 0.15) is 23.8 Å². The third-order valence-electron chi connectivity index (χ3n) is 14.2. The number of carbonyl (C=O) groups excluding carboxylic acids is 4. The van der Waals surface area contributed by atoms with Crippen molar-refractivity contribution in [2.24, 2.45) is 44.8 Å². The summed E-state index contributed by atoms with van der Waals surface area (Å²) in [6.07, 6.45) is 5.34. The van der Waals surface area contributed by atoms with Gasteiger partial charge in [-0.25, -0.2) is 9.59 Å². The Morgan fingerprint density at radius 3 is 2.28 bits per heavy atom. The molecule has 8 heteroatoms. The van der Waals surface area contributed by atoms with E-state index in [9.17, 15) is 19.2 Å². The van der Waals surface area contributed by atoms with Crippen molar-refractivity contribution in [3.8, 4) is 0 Å². The zero-order chi connectivity index (χ0) is 33.7. The van der Waals surface area contributed by atoms with E-state index < -0.39 is 22.5 Å². The van der Waals surface area contributed by atoms with Crippen molar-refractivity contribution in [3.05, 3.63) is 35.9 Å². The lowest BCUT2D eigenvalue weighted by molar-refractivity contribution is -0.171. The third-order valence-corrected chi connectivity index (χ3v) is 14.2. The molecular weight excluding hydrogens is 580 g/mol. The topological polar surface area (TPSA) is 102 Å². The van der Waals surface area contributed by atoms with Crippen molar-refractivity contribution in [2.45, 2.75) is 117 Å². The zero-order valence-electron chi connectivity index (χ0n) is 29.3. The largest absolute Gasteiger partial charge is 0.458 e. The number of benzene rings is 1. The lowest BCUT2D eigenvalue weighted by atomic mass is 9.41. The number of aldehydes is 1. The van der Waals surface area contributed by atoms with Crippen LogP contribution in [0.5, 0.6) is 0 Å². The molecule has 46 heavy (non-hydrogen) atoms. The fourth-order valence-corrected chi connectivity index (χ4v) is 11.8. The van der Waals surface area contributed by atoms with E-state index in [4.69, 9.17) is 9.47 Å². The van der Waals surface area contributed by atoms with E-state index in [1.165, 1.54) is 0 Å². The average molecular weight is 635 g/mol. The number of fused-ring (bicyclic) bond motifs is 2. The fourth-order valence-electron chi connectivity index (χ4n) is 11.8. The SMILES string of the molecule is C[C@@H]([C@H]1[C@H](OC(=O)c2ccccc2)C[C@@]2(C)[C@@H]3CC[C@H]4[C@](C)(C=O)[C@@H](NC(=O)OC(C)(C)C)CC[C@@]45C[C@]35C(=O)C[C@]12C)N(C)C. The third kappa shape index (κ3) is 4.47. The van der Waals surface area contributed by atoms with Crippen LogP contribution in [0, 0.1) is 44.8 Å². The number of ether oxygens (including phenoxy) is 2. The average Bonchev–Trinajstić information content (AvgIpc) is 3.61. The van der Waals surface area contributed by atoms with E-state index in [2.05, 4.69) is 45.1 Å². The van der Waals surface area contributed by atoms with Gasteiger partial charge in [0.25, 0.3) is 0 Å². The molecule has 2 spiro atoms. The molecular formula is C38H54N2O6. The van der Waals surface area contributed by atoms with E-state index >= 15 is 0 Å². The molecule has 5 fully saturated rings. The lowest BCUT2D eigenvalue weighted by Crippen LogP contribution is -2.63. The van der Waals surface area contributed by atoms with E-state index in [1.807, 2.05) is 45.9 Å². The fraction of sp³-hybridized carbons (Fsp3) is 0.737. The summed E-state index contributed by atoms with van der Waals surface area (Å²) in [6, 6.07) is 8.94. The molecule has 6 rings (SSSR count). The molecule has 252 valence electrons. The number of nitrogens with one attached hydrogen (secondary N) is 1. The first kappa shape index (κ1) is 33.2. The van der Waals surface area contributed by atoms with E-state index in [1.54, 1.807) is 12.1 Å². The molecule has 0 radical (unpaired) electrons. The van der Waals surface area contributed by atoms with Gasteiger partial charge in [-0.1, -0.05) is 39.0 Å². The van der Waals surface area contributed by atoms with Crippen LogP contribution in [-0.2, 0) is 19.1 Å². The van der Waals surface area contributed by atoms with Crippen molar-refractivity contribution in [1.82, 2.24) is 10.2 Å². The van der Waals surface area contributed by atoms with Gasteiger partial charge in [0, 0.05) is 35.3 Å². The van der Waals surface area contributed by atoms with Crippen LogP contribution in [-0.4, -0.2) is 66.9 Å². The molecule has 1 aromatic carbocycles. The van der Waals surface area contributed by atoms with Crippen LogP contribution in [0.3, 0.4) is 0 Å². The van der Waals surface area contributed by atoms with Gasteiger partial charge in [0.15, 0.2) is 0 Å². The summed E-state index contributed by atoms with van der Waals surface area (Å²) in [5.41, 5.74) is -2.19. The molecule has 1 aromatic rings. The first-order valence-electron chi connectivity index (χ1n) is 17.3. The number of Topliss-reactive ketones (excluding diaryl/α,β-unsaturated/α-hetero) is 1. The van der Waals surface area contributed by atoms with E-state index in [-0.39, 0.29) is 58.2 Å². The number of alkyl carbamates (subject to hydrolysis) is 1. The highest BCUT2D eigenvalue weighted by Crippen LogP contribution is 2.88. The second-order valence-corrected chi connectivity index (χ2v) is 17.4. The summed E-state index contributed by atoms with van der Waals surface area (Å²) in [7, 11) is 4.13. The number of nitrogens with zero attached hydrogens (tertiary/aromatic N) is 1. The van der Waals surface area contributed by atoms with Gasteiger partial charge in [-0.05, 0) is 121 Å². The number of hydrogen-bond acceptors (Lipinski definition) is 7. The summed E-state index contributed by atoms with van der Waals surface area (Å²) in [5.74, 6) is 0.162. The lowest BCUT2D eigenvalue weighted by Gasteiger charge is -2.62. The second kappa shape index (κ2) is 10.6. The van der Waals surface area contributed by atoms with Gasteiger partial charge >= 0.3 is 12.1 Å². The van der Waals surface area contributed by atoms with Gasteiger partial charge in [-0.15, -0.1) is 0 Å². The van der Waals surface area contributed by atoms with Gasteiger partial charge in [0.05, 0.1) is 5.56 Å². The van der Waals surface area contributed by atoms with Crippen LogP contribution in [0.2, 0.25) is 0 Å². The zero-order valence-corrected chi connectivity index (χ0v) is 29.3. The molecule has 1 amide bonds. The van der Waals surface area contributed by atoms with Crippen LogP contribution < -0.4 is 5.32 Å². The number of hydrogen-bond donors (Lipinski definition) is 1. The summed E-state index contributed by atoms with van der Waals surface area (Å²) in [5, 5.41) is 3.05. The Balaban J connectivity index is 1.33. The van der Waals surface area contributed by atoms with E-state index in [0.29, 0.717) is 24.2 Å². The molecule has 11 atom stereocenters. The quantitative estimate of drug-likeness (QED) is 0.283. The van der Waals surface area contributed by atoms with Gasteiger partial charge in [-0.2, -0.15) is 0 Å². The van der Waals surface area contributed by atoms with Crippen molar-refractivity contribution in [2.75, 3.05) is 14.1 Å². The maximum absolute atomic E-state index is 14.8. The molecule has 0 heterocycles. The van der Waals surface area contributed by atoms with Gasteiger partial charge < -0.3 is 24.5 Å². The summed E-state index contributed by atoms with van der Waals surface area (Å²) in [6.45, 7) is 14.3. The first-order chi connectivity index (χ1) is 21.4.